The van der Waals surface area contributed by atoms with Crippen molar-refractivity contribution >= 4 is 22.7 Å². The van der Waals surface area contributed by atoms with Crippen molar-refractivity contribution in [2.75, 3.05) is 51.8 Å². The lowest BCUT2D eigenvalue weighted by atomic mass is 10.0. The number of methoxy groups -OCH3 is 2. The zero-order chi connectivity index (χ0) is 22.9. The van der Waals surface area contributed by atoms with Gasteiger partial charge in [-0.2, -0.15) is 4.98 Å². The molecule has 0 aliphatic carbocycles. The van der Waals surface area contributed by atoms with Gasteiger partial charge in [-0.05, 0) is 43.7 Å². The van der Waals surface area contributed by atoms with Crippen molar-refractivity contribution in [2.24, 2.45) is 0 Å². The number of ether oxygens (including phenoxy) is 4. The molecule has 0 saturated carbocycles. The molecule has 0 amide bonds. The third-order valence-corrected chi connectivity index (χ3v) is 6.39. The molecule has 5 rings (SSSR count). The van der Waals surface area contributed by atoms with Gasteiger partial charge in [0.2, 0.25) is 12.7 Å². The summed E-state index contributed by atoms with van der Waals surface area (Å²) in [6, 6.07) is 10.2. The summed E-state index contributed by atoms with van der Waals surface area (Å²) in [6.07, 6.45) is 2.18. The molecule has 174 valence electrons. The summed E-state index contributed by atoms with van der Waals surface area (Å²) >= 11 is 0. The van der Waals surface area contributed by atoms with Crippen molar-refractivity contribution in [2.45, 2.75) is 25.4 Å². The highest BCUT2D eigenvalue weighted by molar-refractivity contribution is 5.91. The lowest BCUT2D eigenvalue weighted by molar-refractivity contribution is 0.173. The molecule has 3 aromatic rings. The third-order valence-electron chi connectivity index (χ3n) is 6.39. The van der Waals surface area contributed by atoms with Crippen LogP contribution in [0, 0.1) is 0 Å². The van der Waals surface area contributed by atoms with Gasteiger partial charge in [-0.3, -0.25) is 4.90 Å². The number of nitrogen functional groups attached to an aromatic ring is 1. The average Bonchev–Trinajstić information content (AvgIpc) is 3.31. The van der Waals surface area contributed by atoms with Crippen molar-refractivity contribution in [3.05, 3.63) is 35.9 Å². The van der Waals surface area contributed by atoms with E-state index in [0.717, 1.165) is 54.9 Å². The molecule has 2 aliphatic rings. The summed E-state index contributed by atoms with van der Waals surface area (Å²) in [5, 5.41) is 0.755. The van der Waals surface area contributed by atoms with E-state index in [1.165, 1.54) is 5.56 Å². The van der Waals surface area contributed by atoms with Gasteiger partial charge in [-0.25, -0.2) is 4.98 Å². The number of piperidine rings is 1. The van der Waals surface area contributed by atoms with E-state index in [9.17, 15) is 0 Å². The first kappa shape index (κ1) is 21.4. The highest BCUT2D eigenvalue weighted by atomic mass is 16.7. The van der Waals surface area contributed by atoms with Crippen LogP contribution in [0.1, 0.15) is 18.4 Å². The standard InChI is InChI=1S/C24H29N5O4/c1-28(12-15-6-7-19-22(9-15)33-14-32-19)16-5-4-8-29(13-16)24-26-18-11-21(31-3)20(30-2)10-17(18)23(25)27-24/h6-7,9-11,16H,4-5,8,12-14H2,1-3H3,(H2,25,26,27). The quantitative estimate of drug-likeness (QED) is 0.607. The van der Waals surface area contributed by atoms with E-state index in [2.05, 4.69) is 34.0 Å². The number of fused-ring (bicyclic) bond motifs is 2. The summed E-state index contributed by atoms with van der Waals surface area (Å²) in [5.41, 5.74) is 8.26. The van der Waals surface area contributed by atoms with E-state index in [4.69, 9.17) is 29.7 Å². The Hall–Kier alpha value is -3.46. The normalized spacial score (nSPS) is 17.6. The lowest BCUT2D eigenvalue weighted by Crippen LogP contribution is -2.46. The third kappa shape index (κ3) is 4.16. The van der Waals surface area contributed by atoms with Crippen molar-refractivity contribution < 1.29 is 18.9 Å². The molecule has 1 fully saturated rings. The van der Waals surface area contributed by atoms with Gasteiger partial charge in [0.1, 0.15) is 5.82 Å². The van der Waals surface area contributed by atoms with Gasteiger partial charge < -0.3 is 29.6 Å². The summed E-state index contributed by atoms with van der Waals surface area (Å²) in [5.74, 6) is 3.94. The van der Waals surface area contributed by atoms with Crippen LogP contribution >= 0.6 is 0 Å². The van der Waals surface area contributed by atoms with Crippen molar-refractivity contribution in [3.8, 4) is 23.0 Å². The van der Waals surface area contributed by atoms with Gasteiger partial charge in [0.15, 0.2) is 23.0 Å². The molecule has 1 atom stereocenters. The van der Waals surface area contributed by atoms with E-state index in [1.807, 2.05) is 18.2 Å². The van der Waals surface area contributed by atoms with Crippen LogP contribution in [-0.2, 0) is 6.54 Å². The predicted molar refractivity (Wildman–Crippen MR) is 126 cm³/mol. The summed E-state index contributed by atoms with van der Waals surface area (Å²) in [7, 11) is 5.37. The maximum Gasteiger partial charge on any atom is 0.231 e. The van der Waals surface area contributed by atoms with Gasteiger partial charge in [0.05, 0.1) is 19.7 Å². The number of anilines is 2. The summed E-state index contributed by atoms with van der Waals surface area (Å²) in [6.45, 7) is 2.85. The van der Waals surface area contributed by atoms with Crippen LogP contribution < -0.4 is 29.6 Å². The van der Waals surface area contributed by atoms with Crippen molar-refractivity contribution in [1.82, 2.24) is 14.9 Å². The second-order valence-electron chi connectivity index (χ2n) is 8.48. The second-order valence-corrected chi connectivity index (χ2v) is 8.48. The van der Waals surface area contributed by atoms with Crippen LogP contribution in [0.3, 0.4) is 0 Å². The first-order valence-corrected chi connectivity index (χ1v) is 11.1. The Labute approximate surface area is 193 Å². The Morgan fingerprint density at radius 3 is 2.70 bits per heavy atom. The smallest absolute Gasteiger partial charge is 0.231 e. The number of benzene rings is 2. The topological polar surface area (TPSA) is 95.2 Å². The van der Waals surface area contributed by atoms with Crippen LogP contribution in [0.5, 0.6) is 23.0 Å². The molecule has 9 heteroatoms. The molecule has 1 aromatic heterocycles. The van der Waals surface area contributed by atoms with E-state index in [0.29, 0.717) is 36.1 Å². The first-order valence-electron chi connectivity index (χ1n) is 11.1. The van der Waals surface area contributed by atoms with E-state index >= 15 is 0 Å². The second kappa shape index (κ2) is 8.82. The van der Waals surface area contributed by atoms with E-state index < -0.39 is 0 Å². The Kier molecular flexibility index (Phi) is 5.72. The number of nitrogens with two attached hydrogens (primary N) is 1. The van der Waals surface area contributed by atoms with E-state index in [-0.39, 0.29) is 0 Å². The van der Waals surface area contributed by atoms with Gasteiger partial charge in [0, 0.05) is 37.1 Å². The molecule has 0 spiro atoms. The van der Waals surface area contributed by atoms with Crippen LogP contribution in [-0.4, -0.2) is 62.1 Å². The highest BCUT2D eigenvalue weighted by Gasteiger charge is 2.26. The minimum Gasteiger partial charge on any atom is -0.493 e. The van der Waals surface area contributed by atoms with Crippen molar-refractivity contribution in [3.63, 3.8) is 0 Å². The maximum absolute atomic E-state index is 6.31. The summed E-state index contributed by atoms with van der Waals surface area (Å²) in [4.78, 5) is 14.0. The minimum atomic E-state index is 0.291. The largest absolute Gasteiger partial charge is 0.493 e. The highest BCUT2D eigenvalue weighted by Crippen LogP contribution is 2.35. The zero-order valence-electron chi connectivity index (χ0n) is 19.2. The molecule has 2 N–H and O–H groups in total. The molecule has 2 aromatic carbocycles. The zero-order valence-corrected chi connectivity index (χ0v) is 19.2. The Morgan fingerprint density at radius 2 is 1.88 bits per heavy atom. The SMILES string of the molecule is COc1cc2nc(N3CCCC(N(C)Cc4ccc5c(c4)OCO5)C3)nc(N)c2cc1OC. The number of likely N-dealkylation sites (N-methyl/N-ethyl adjacent to an activating group) is 1. The van der Waals surface area contributed by atoms with Gasteiger partial charge in [-0.15, -0.1) is 0 Å². The van der Waals surface area contributed by atoms with Gasteiger partial charge >= 0.3 is 0 Å². The number of rotatable bonds is 6. The fraction of sp³-hybridized carbons (Fsp3) is 0.417. The molecule has 9 nitrogen and oxygen atoms in total. The Bertz CT molecular complexity index is 1170. The Morgan fingerprint density at radius 1 is 1.09 bits per heavy atom. The van der Waals surface area contributed by atoms with Crippen molar-refractivity contribution in [1.29, 1.82) is 0 Å². The molecule has 0 bridgehead atoms. The molecular weight excluding hydrogens is 422 g/mol. The summed E-state index contributed by atoms with van der Waals surface area (Å²) < 4.78 is 21.8. The van der Waals surface area contributed by atoms with Crippen LogP contribution in [0.15, 0.2) is 30.3 Å². The average molecular weight is 452 g/mol. The van der Waals surface area contributed by atoms with Crippen LogP contribution in [0.4, 0.5) is 11.8 Å². The number of aromatic nitrogens is 2. The van der Waals surface area contributed by atoms with E-state index in [1.54, 1.807) is 14.2 Å². The number of hydrogen-bond donors (Lipinski definition) is 1. The molecule has 1 unspecified atom stereocenters. The van der Waals surface area contributed by atoms with Gasteiger partial charge in [0.25, 0.3) is 0 Å². The molecule has 3 heterocycles. The lowest BCUT2D eigenvalue weighted by Gasteiger charge is -2.37. The fourth-order valence-corrected chi connectivity index (χ4v) is 4.56. The van der Waals surface area contributed by atoms with Crippen LogP contribution in [0.25, 0.3) is 10.9 Å². The monoisotopic (exact) mass is 451 g/mol. The molecule has 2 aliphatic heterocycles. The first-order chi connectivity index (χ1) is 16.1. The maximum atomic E-state index is 6.31. The minimum absolute atomic E-state index is 0.291. The number of hydrogen-bond acceptors (Lipinski definition) is 9. The number of nitrogens with zero attached hydrogens (tertiary/aromatic N) is 4. The molecule has 0 radical (unpaired) electrons. The molecule has 1 saturated heterocycles. The fourth-order valence-electron chi connectivity index (χ4n) is 4.56. The molecular formula is C24H29N5O4. The van der Waals surface area contributed by atoms with Crippen LogP contribution in [0.2, 0.25) is 0 Å². The molecule has 33 heavy (non-hydrogen) atoms. The Balaban J connectivity index is 1.34. The predicted octanol–water partition coefficient (Wildman–Crippen LogP) is 3.06. The van der Waals surface area contributed by atoms with Gasteiger partial charge in [-0.1, -0.05) is 6.07 Å².